The summed E-state index contributed by atoms with van der Waals surface area (Å²) in [6.07, 6.45) is -1.86. The molecule has 0 aliphatic heterocycles. The van der Waals surface area contributed by atoms with Crippen LogP contribution in [0.1, 0.15) is 51.0 Å². The van der Waals surface area contributed by atoms with Crippen LogP contribution in [-0.4, -0.2) is 28.7 Å². The maximum absolute atomic E-state index is 13.1. The number of anilines is 1. The summed E-state index contributed by atoms with van der Waals surface area (Å²) in [5.74, 6) is -0.802. The van der Waals surface area contributed by atoms with Crippen molar-refractivity contribution in [3.63, 3.8) is 0 Å². The number of amides is 1. The fourth-order valence-corrected chi connectivity index (χ4v) is 5.87. The van der Waals surface area contributed by atoms with Crippen LogP contribution in [0, 0.1) is 17.3 Å². The maximum Gasteiger partial charge on any atom is 0.418 e. The van der Waals surface area contributed by atoms with Gasteiger partial charge in [-0.3, -0.25) is 9.59 Å². The Morgan fingerprint density at radius 2 is 1.79 bits per heavy atom. The van der Waals surface area contributed by atoms with Gasteiger partial charge >= 0.3 is 12.1 Å². The lowest BCUT2D eigenvalue weighted by atomic mass is 9.48. The molecule has 5 rings (SSSR count). The number of rotatable bonds is 4. The van der Waals surface area contributed by atoms with Crippen LogP contribution in [0.25, 0.3) is 0 Å². The van der Waals surface area contributed by atoms with Gasteiger partial charge in [-0.1, -0.05) is 12.1 Å². The second-order valence-electron chi connectivity index (χ2n) is 9.05. The molecule has 158 valence electrons. The van der Waals surface area contributed by atoms with Crippen molar-refractivity contribution in [1.29, 1.82) is 0 Å². The maximum atomic E-state index is 13.1. The van der Waals surface area contributed by atoms with E-state index in [4.69, 9.17) is 4.74 Å². The average molecular weight is 411 g/mol. The standard InChI is InChI=1S/C21H24F3NO4/c1-12(17(26)25-16-5-3-2-4-15(16)21(22,23)24)29-18(27)19-7-13-6-14(8-19)10-20(28,9-13)11-19/h2-5,12-14,28H,6-11H2,1H3,(H,25,26)/t12-,13-,14+,19?,20?/m1/s1. The first-order chi connectivity index (χ1) is 13.5. The Morgan fingerprint density at radius 1 is 1.17 bits per heavy atom. The number of para-hydroxylation sites is 1. The molecular weight excluding hydrogens is 387 g/mol. The second-order valence-corrected chi connectivity index (χ2v) is 9.05. The quantitative estimate of drug-likeness (QED) is 0.737. The highest BCUT2D eigenvalue weighted by Crippen LogP contribution is 2.62. The number of hydrogen-bond donors (Lipinski definition) is 2. The van der Waals surface area contributed by atoms with Crippen molar-refractivity contribution in [1.82, 2.24) is 0 Å². The second kappa shape index (κ2) is 6.72. The van der Waals surface area contributed by atoms with Gasteiger partial charge in [0.25, 0.3) is 5.91 Å². The number of esters is 1. The Kier molecular flexibility index (Phi) is 4.68. The zero-order chi connectivity index (χ0) is 21.0. The molecule has 0 saturated heterocycles. The number of alkyl halides is 3. The first kappa shape index (κ1) is 20.2. The summed E-state index contributed by atoms with van der Waals surface area (Å²) in [6, 6.07) is 4.66. The molecule has 2 unspecified atom stereocenters. The normalized spacial score (nSPS) is 34.0. The zero-order valence-electron chi connectivity index (χ0n) is 16.1. The minimum Gasteiger partial charge on any atom is -0.452 e. The van der Waals surface area contributed by atoms with Crippen LogP contribution < -0.4 is 5.32 Å². The van der Waals surface area contributed by atoms with Gasteiger partial charge in [0.1, 0.15) is 0 Å². The highest BCUT2D eigenvalue weighted by molar-refractivity contribution is 5.96. The lowest BCUT2D eigenvalue weighted by Gasteiger charge is -2.58. The summed E-state index contributed by atoms with van der Waals surface area (Å²) in [6.45, 7) is 1.35. The Labute approximate surface area is 166 Å². The van der Waals surface area contributed by atoms with Crippen molar-refractivity contribution in [3.8, 4) is 0 Å². The molecule has 1 amide bonds. The molecule has 1 aromatic carbocycles. The Hall–Kier alpha value is -2.09. The number of aliphatic hydroxyl groups is 1. The number of carbonyl (C=O) groups is 2. The van der Waals surface area contributed by atoms with Crippen LogP contribution in [0.4, 0.5) is 18.9 Å². The van der Waals surface area contributed by atoms with E-state index in [1.165, 1.54) is 19.1 Å². The fraction of sp³-hybridized carbons (Fsp3) is 0.619. The fourth-order valence-electron chi connectivity index (χ4n) is 5.87. The van der Waals surface area contributed by atoms with E-state index in [0.717, 1.165) is 18.6 Å². The molecule has 0 spiro atoms. The molecular formula is C21H24F3NO4. The molecule has 2 N–H and O–H groups in total. The molecule has 29 heavy (non-hydrogen) atoms. The lowest BCUT2D eigenvalue weighted by Crippen LogP contribution is -2.59. The summed E-state index contributed by atoms with van der Waals surface area (Å²) >= 11 is 0. The largest absolute Gasteiger partial charge is 0.452 e. The van der Waals surface area contributed by atoms with Gasteiger partial charge in [0.05, 0.1) is 22.3 Å². The predicted octanol–water partition coefficient (Wildman–Crippen LogP) is 3.91. The van der Waals surface area contributed by atoms with E-state index in [2.05, 4.69) is 5.32 Å². The molecule has 4 fully saturated rings. The van der Waals surface area contributed by atoms with E-state index in [1.54, 1.807) is 0 Å². The topological polar surface area (TPSA) is 75.6 Å². The van der Waals surface area contributed by atoms with Crippen LogP contribution in [0.3, 0.4) is 0 Å². The van der Waals surface area contributed by atoms with Crippen molar-refractivity contribution in [2.45, 2.75) is 63.3 Å². The molecule has 5 atom stereocenters. The number of nitrogens with one attached hydrogen (secondary N) is 1. The van der Waals surface area contributed by atoms with Gasteiger partial charge in [-0.05, 0) is 69.4 Å². The summed E-state index contributed by atoms with van der Waals surface area (Å²) in [5.41, 5.74) is -2.98. The minimum atomic E-state index is -4.61. The number of hydrogen-bond acceptors (Lipinski definition) is 4. The molecule has 0 radical (unpaired) electrons. The van der Waals surface area contributed by atoms with Gasteiger partial charge in [-0.15, -0.1) is 0 Å². The van der Waals surface area contributed by atoms with E-state index in [0.29, 0.717) is 32.1 Å². The highest BCUT2D eigenvalue weighted by Gasteiger charge is 2.61. The Balaban J connectivity index is 1.44. The molecule has 4 aliphatic rings. The molecule has 0 aromatic heterocycles. The van der Waals surface area contributed by atoms with Gasteiger partial charge in [-0.2, -0.15) is 13.2 Å². The van der Waals surface area contributed by atoms with Crippen molar-refractivity contribution in [3.05, 3.63) is 29.8 Å². The predicted molar refractivity (Wildman–Crippen MR) is 97.7 cm³/mol. The molecule has 5 nitrogen and oxygen atoms in total. The molecule has 8 heteroatoms. The van der Waals surface area contributed by atoms with E-state index in [-0.39, 0.29) is 17.5 Å². The van der Waals surface area contributed by atoms with Crippen LogP contribution in [0.5, 0.6) is 0 Å². The van der Waals surface area contributed by atoms with Gasteiger partial charge in [-0.25, -0.2) is 0 Å². The summed E-state index contributed by atoms with van der Waals surface area (Å²) in [7, 11) is 0. The van der Waals surface area contributed by atoms with Crippen LogP contribution in [-0.2, 0) is 20.5 Å². The summed E-state index contributed by atoms with van der Waals surface area (Å²) < 4.78 is 44.7. The number of halogens is 3. The minimum absolute atomic E-state index is 0.275. The van der Waals surface area contributed by atoms with Gasteiger partial charge in [0.15, 0.2) is 6.10 Å². The SMILES string of the molecule is C[C@@H](OC(=O)C12C[C@@H]3C[C@@H](CC(O)(C3)C1)C2)C(=O)Nc1ccccc1C(F)(F)F. The first-order valence-corrected chi connectivity index (χ1v) is 9.90. The molecule has 4 saturated carbocycles. The van der Waals surface area contributed by atoms with Gasteiger partial charge in [0, 0.05) is 0 Å². The molecule has 1 aromatic rings. The zero-order valence-corrected chi connectivity index (χ0v) is 16.1. The Bertz CT molecular complexity index is 823. The third-order valence-corrected chi connectivity index (χ3v) is 6.61. The summed E-state index contributed by atoms with van der Waals surface area (Å²) in [5, 5.41) is 13.0. The van der Waals surface area contributed by atoms with Gasteiger partial charge in [0.2, 0.25) is 0 Å². The van der Waals surface area contributed by atoms with Crippen molar-refractivity contribution in [2.24, 2.45) is 17.3 Å². The average Bonchev–Trinajstić information content (AvgIpc) is 2.59. The molecule has 4 bridgehead atoms. The van der Waals surface area contributed by atoms with Gasteiger partial charge < -0.3 is 15.2 Å². The molecule has 4 aliphatic carbocycles. The Morgan fingerprint density at radius 3 is 2.38 bits per heavy atom. The number of benzene rings is 1. The smallest absolute Gasteiger partial charge is 0.418 e. The van der Waals surface area contributed by atoms with E-state index in [1.807, 2.05) is 0 Å². The van der Waals surface area contributed by atoms with Crippen LogP contribution in [0.2, 0.25) is 0 Å². The summed E-state index contributed by atoms with van der Waals surface area (Å²) in [4.78, 5) is 25.4. The first-order valence-electron chi connectivity index (χ1n) is 9.90. The van der Waals surface area contributed by atoms with Crippen LogP contribution in [0.15, 0.2) is 24.3 Å². The van der Waals surface area contributed by atoms with Crippen LogP contribution >= 0.6 is 0 Å². The van der Waals surface area contributed by atoms with E-state index < -0.39 is 40.7 Å². The third kappa shape index (κ3) is 3.74. The third-order valence-electron chi connectivity index (χ3n) is 6.61. The molecule has 0 heterocycles. The van der Waals surface area contributed by atoms with Crippen molar-refractivity contribution < 1.29 is 32.6 Å². The highest BCUT2D eigenvalue weighted by atomic mass is 19.4. The van der Waals surface area contributed by atoms with E-state index >= 15 is 0 Å². The lowest BCUT2D eigenvalue weighted by molar-refractivity contribution is -0.199. The monoisotopic (exact) mass is 411 g/mol. The van der Waals surface area contributed by atoms with Crippen molar-refractivity contribution >= 4 is 17.6 Å². The van der Waals surface area contributed by atoms with Crippen molar-refractivity contribution in [2.75, 3.05) is 5.32 Å². The number of carbonyl (C=O) groups excluding carboxylic acids is 2. The van der Waals surface area contributed by atoms with E-state index in [9.17, 15) is 27.9 Å². The number of ether oxygens (including phenoxy) is 1.